The van der Waals surface area contributed by atoms with E-state index in [9.17, 15) is 5.11 Å². The summed E-state index contributed by atoms with van der Waals surface area (Å²) in [6.45, 7) is 13.8. The third-order valence-corrected chi connectivity index (χ3v) is 9.19. The Balaban J connectivity index is -0.0000110. The fraction of sp³-hybridized carbons (Fsp3) is 0.884. The van der Waals surface area contributed by atoms with Gasteiger partial charge in [-0.05, 0) is 91.4 Å². The molecule has 0 saturated carbocycles. The maximum atomic E-state index is 10.4. The molecule has 0 aromatic heterocycles. The largest absolute Gasteiger partial charge is 0.390 e. The van der Waals surface area contributed by atoms with E-state index in [1.807, 2.05) is 13.8 Å². The molecule has 50 heavy (non-hydrogen) atoms. The zero-order valence-corrected chi connectivity index (χ0v) is 37.1. The Morgan fingerprint density at radius 3 is 1.14 bits per heavy atom. The molecule has 0 rings (SSSR count). The van der Waals surface area contributed by atoms with Crippen molar-refractivity contribution in [1.29, 1.82) is 0 Å². The van der Waals surface area contributed by atoms with Crippen molar-refractivity contribution in [2.75, 3.05) is 13.2 Å². The molecule has 2 unspecified atom stereocenters. The van der Waals surface area contributed by atoms with Gasteiger partial charge >= 0.3 is 0 Å². The first kappa shape index (κ1) is 54.6. The summed E-state index contributed by atoms with van der Waals surface area (Å²) in [6.07, 6.45) is 46.6. The Labute approximate surface area is 334 Å². The Hall–Kier alpha value is 0.240. The quantitative estimate of drug-likeness (QED) is 0.0327. The van der Waals surface area contributed by atoms with Crippen LogP contribution in [0.15, 0.2) is 24.3 Å². The van der Waals surface area contributed by atoms with Crippen molar-refractivity contribution in [2.45, 2.75) is 232 Å². The molecule has 0 bridgehead atoms. The third kappa shape index (κ3) is 44.4. The molecule has 0 aliphatic rings. The predicted molar refractivity (Wildman–Crippen MR) is 232 cm³/mol. The highest BCUT2D eigenvalue weighted by Gasteiger charge is 2.25. The molecule has 0 spiro atoms. The zero-order valence-electron chi connectivity index (χ0n) is 33.7. The summed E-state index contributed by atoms with van der Waals surface area (Å²) in [5.74, 6) is 0. The van der Waals surface area contributed by atoms with Crippen molar-refractivity contribution >= 4 is 34.0 Å². The molecule has 5 nitrogen and oxygen atoms in total. The molecule has 0 aliphatic heterocycles. The minimum atomic E-state index is -0.814. The summed E-state index contributed by atoms with van der Waals surface area (Å²) < 4.78 is 0. The number of hydrogen-bond acceptors (Lipinski definition) is 5. The van der Waals surface area contributed by atoms with Gasteiger partial charge in [0, 0.05) is 6.04 Å². The van der Waals surface area contributed by atoms with Crippen molar-refractivity contribution in [1.82, 2.24) is 11.0 Å². The molecule has 3 N–H and O–H groups in total. The lowest BCUT2D eigenvalue weighted by Crippen LogP contribution is -2.49. The number of allylic oxidation sites excluding steroid dienone is 4. The van der Waals surface area contributed by atoms with E-state index in [-0.39, 0.29) is 46.0 Å². The second-order valence-corrected chi connectivity index (χ2v) is 15.0. The summed E-state index contributed by atoms with van der Waals surface area (Å²) in [4.78, 5) is 11.6. The van der Waals surface area contributed by atoms with E-state index in [4.69, 9.17) is 9.68 Å². The smallest absolute Gasteiger partial charge is 0.0682 e. The van der Waals surface area contributed by atoms with Crippen LogP contribution in [-0.2, 0) is 9.68 Å². The molecule has 2 atom stereocenters. The Bertz CT molecular complexity index is 688. The van der Waals surface area contributed by atoms with Gasteiger partial charge in [0.15, 0.2) is 0 Å². The van der Waals surface area contributed by atoms with Crippen molar-refractivity contribution in [3.05, 3.63) is 31.2 Å². The SMILES string of the molecule is Br.Br.[CH2]C(NOCCCCCCCC/C=C\CCCCCCCC)C(CC(C)(C)O)NOCCCCCCCC/C=C\CCCCCCCC. The van der Waals surface area contributed by atoms with Gasteiger partial charge in [0.05, 0.1) is 24.9 Å². The maximum absolute atomic E-state index is 10.4. The molecule has 0 saturated heterocycles. The molecule has 301 valence electrons. The summed E-state index contributed by atoms with van der Waals surface area (Å²) in [7, 11) is 0. The monoisotopic (exact) mass is 838 g/mol. The molecular formula is C43H87Br2N2O3. The van der Waals surface area contributed by atoms with Gasteiger partial charge in [-0.15, -0.1) is 34.0 Å². The summed E-state index contributed by atoms with van der Waals surface area (Å²) in [5, 5.41) is 10.4. The van der Waals surface area contributed by atoms with Gasteiger partial charge in [0.1, 0.15) is 0 Å². The third-order valence-electron chi connectivity index (χ3n) is 9.19. The van der Waals surface area contributed by atoms with Crippen molar-refractivity contribution in [3.8, 4) is 0 Å². The van der Waals surface area contributed by atoms with Crippen molar-refractivity contribution < 1.29 is 14.8 Å². The number of halogens is 2. The van der Waals surface area contributed by atoms with Gasteiger partial charge in [-0.3, -0.25) is 0 Å². The van der Waals surface area contributed by atoms with Gasteiger partial charge in [-0.25, -0.2) is 0 Å². The topological polar surface area (TPSA) is 62.8 Å². The second-order valence-electron chi connectivity index (χ2n) is 15.0. The van der Waals surface area contributed by atoms with E-state index in [0.29, 0.717) is 19.6 Å². The fourth-order valence-electron chi connectivity index (χ4n) is 6.06. The first-order chi connectivity index (χ1) is 23.4. The number of hydrogen-bond donors (Lipinski definition) is 3. The molecule has 7 heteroatoms. The van der Waals surface area contributed by atoms with E-state index in [2.05, 4.69) is 56.0 Å². The van der Waals surface area contributed by atoms with Crippen LogP contribution in [0, 0.1) is 6.92 Å². The van der Waals surface area contributed by atoms with E-state index >= 15 is 0 Å². The van der Waals surface area contributed by atoms with E-state index in [1.165, 1.54) is 167 Å². The molecule has 1 radical (unpaired) electrons. The van der Waals surface area contributed by atoms with Gasteiger partial charge in [-0.1, -0.05) is 154 Å². The lowest BCUT2D eigenvalue weighted by atomic mass is 9.96. The highest BCUT2D eigenvalue weighted by Crippen LogP contribution is 2.15. The number of unbranched alkanes of at least 4 members (excludes halogenated alkanes) is 24. The van der Waals surface area contributed by atoms with Gasteiger partial charge in [0.2, 0.25) is 0 Å². The predicted octanol–water partition coefficient (Wildman–Crippen LogP) is 14.0. The van der Waals surface area contributed by atoms with Crippen LogP contribution < -0.4 is 11.0 Å². The minimum absolute atomic E-state index is 0. The molecule has 0 aromatic rings. The summed E-state index contributed by atoms with van der Waals surface area (Å²) >= 11 is 0. The molecule has 0 heterocycles. The van der Waals surface area contributed by atoms with E-state index in [0.717, 1.165) is 12.8 Å². The number of hydroxylamine groups is 2. The zero-order chi connectivity index (χ0) is 35.2. The summed E-state index contributed by atoms with van der Waals surface area (Å²) in [6, 6.07) is -0.357. The van der Waals surface area contributed by atoms with Crippen LogP contribution in [-0.4, -0.2) is 36.0 Å². The Morgan fingerprint density at radius 2 is 0.800 bits per heavy atom. The maximum Gasteiger partial charge on any atom is 0.0682 e. The van der Waals surface area contributed by atoms with Crippen LogP contribution in [0.1, 0.15) is 214 Å². The lowest BCUT2D eigenvalue weighted by Gasteiger charge is -2.30. The molecule has 0 amide bonds. The van der Waals surface area contributed by atoms with E-state index < -0.39 is 5.60 Å². The minimum Gasteiger partial charge on any atom is -0.390 e. The number of nitrogens with one attached hydrogen (secondary N) is 2. The Morgan fingerprint density at radius 1 is 0.500 bits per heavy atom. The van der Waals surface area contributed by atoms with Crippen molar-refractivity contribution in [3.63, 3.8) is 0 Å². The average Bonchev–Trinajstić information content (AvgIpc) is 3.06. The van der Waals surface area contributed by atoms with Crippen LogP contribution in [0.25, 0.3) is 0 Å². The lowest BCUT2D eigenvalue weighted by molar-refractivity contribution is -0.0492. The first-order valence-electron chi connectivity index (χ1n) is 21.0. The van der Waals surface area contributed by atoms with Crippen LogP contribution in [0.3, 0.4) is 0 Å². The first-order valence-corrected chi connectivity index (χ1v) is 21.0. The Kier molecular flexibility index (Phi) is 47.6. The number of rotatable bonds is 39. The average molecular weight is 840 g/mol. The van der Waals surface area contributed by atoms with Gasteiger partial charge < -0.3 is 14.8 Å². The second kappa shape index (κ2) is 43.6. The standard InChI is InChI=1S/C43H85N2O3.2BrH/c1-6-8-10-12-14-16-18-20-22-24-26-28-30-32-34-36-38-47-44-41(3)42(40-43(4,5)46)45-48-39-37-35-33-31-29-27-25-23-21-19-17-15-13-11-9-7-2;;/h20-23,41-42,44-46H,3,6-19,24-40H2,1-2,4-5H3;2*1H/b22-20-,23-21-;;. The van der Waals surface area contributed by atoms with Crippen LogP contribution in [0.2, 0.25) is 0 Å². The highest BCUT2D eigenvalue weighted by atomic mass is 79.9. The molecule has 0 aromatic carbocycles. The normalized spacial score (nSPS) is 13.2. The highest BCUT2D eigenvalue weighted by molar-refractivity contribution is 8.93. The molecule has 0 fully saturated rings. The van der Waals surface area contributed by atoms with Gasteiger partial charge in [-0.2, -0.15) is 11.0 Å². The van der Waals surface area contributed by atoms with Crippen LogP contribution in [0.4, 0.5) is 0 Å². The van der Waals surface area contributed by atoms with E-state index in [1.54, 1.807) is 0 Å². The van der Waals surface area contributed by atoms with Gasteiger partial charge in [0.25, 0.3) is 0 Å². The number of aliphatic hydroxyl groups is 1. The molecule has 0 aliphatic carbocycles. The summed E-state index contributed by atoms with van der Waals surface area (Å²) in [5.41, 5.74) is 5.44. The molecular weight excluding hydrogens is 752 g/mol. The van der Waals surface area contributed by atoms with Crippen LogP contribution >= 0.6 is 34.0 Å². The van der Waals surface area contributed by atoms with Crippen LogP contribution in [0.5, 0.6) is 0 Å². The fourth-order valence-corrected chi connectivity index (χ4v) is 6.06. The van der Waals surface area contributed by atoms with Crippen molar-refractivity contribution in [2.24, 2.45) is 0 Å².